The maximum Gasteiger partial charge on any atom is 0.213 e. The topological polar surface area (TPSA) is 82.6 Å². The van der Waals surface area contributed by atoms with Gasteiger partial charge < -0.3 is 0 Å². The zero-order valence-electron chi connectivity index (χ0n) is 12.8. The lowest BCUT2D eigenvalue weighted by atomic mass is 10.1. The van der Waals surface area contributed by atoms with Gasteiger partial charge in [0.05, 0.1) is 30.0 Å². The number of fused-ring (bicyclic) bond motifs is 3. The second-order valence-corrected chi connectivity index (χ2v) is 5.31. The van der Waals surface area contributed by atoms with E-state index in [0.29, 0.717) is 17.0 Å². The Bertz CT molecular complexity index is 1190. The molecule has 1 aromatic carbocycles. The molecular weight excluding hydrogens is 312 g/mol. The van der Waals surface area contributed by atoms with Crippen molar-refractivity contribution in [3.8, 4) is 17.8 Å². The van der Waals surface area contributed by atoms with Gasteiger partial charge >= 0.3 is 0 Å². The van der Waals surface area contributed by atoms with E-state index in [4.69, 9.17) is 11.8 Å². The molecule has 0 N–H and O–H groups in total. The van der Waals surface area contributed by atoms with E-state index in [9.17, 15) is 5.26 Å². The lowest BCUT2D eigenvalue weighted by Crippen LogP contribution is -2.01. The quantitative estimate of drug-likeness (QED) is 0.498. The zero-order chi connectivity index (χ0) is 17.4. The van der Waals surface area contributed by atoms with E-state index >= 15 is 0 Å². The Labute approximate surface area is 142 Å². The lowest BCUT2D eigenvalue weighted by Gasteiger charge is -2.11. The van der Waals surface area contributed by atoms with E-state index in [0.717, 1.165) is 10.8 Å². The van der Waals surface area contributed by atoms with Crippen LogP contribution in [0.3, 0.4) is 0 Å². The van der Waals surface area contributed by atoms with Gasteiger partial charge in [-0.2, -0.15) is 10.5 Å². The van der Waals surface area contributed by atoms with E-state index in [1.165, 1.54) is 12.1 Å². The monoisotopic (exact) mass is 320 g/mol. The van der Waals surface area contributed by atoms with Crippen LogP contribution in [0.1, 0.15) is 11.1 Å². The highest BCUT2D eigenvalue weighted by Crippen LogP contribution is 2.36. The maximum atomic E-state index is 9.58. The molecule has 0 aliphatic rings. The fourth-order valence-corrected chi connectivity index (χ4v) is 2.97. The summed E-state index contributed by atoms with van der Waals surface area (Å²) < 4.78 is 1.72. The molecule has 0 saturated heterocycles. The number of rotatable bonds is 1. The van der Waals surface area contributed by atoms with Crippen LogP contribution in [0.25, 0.3) is 32.6 Å². The van der Waals surface area contributed by atoms with Crippen LogP contribution in [-0.2, 0) is 0 Å². The van der Waals surface area contributed by atoms with E-state index < -0.39 is 0 Å². The Hall–Kier alpha value is -4.21. The minimum atomic E-state index is 0.214. The molecule has 0 spiro atoms. The third-order valence-electron chi connectivity index (χ3n) is 3.97. The number of hydrogen-bond acceptors (Lipinski definition) is 4. The number of hydrogen-bond donors (Lipinski definition) is 0. The van der Waals surface area contributed by atoms with Crippen LogP contribution in [0.2, 0.25) is 0 Å². The molecule has 0 amide bonds. The summed E-state index contributed by atoms with van der Waals surface area (Å²) in [6, 6.07) is 14.6. The molecule has 6 heteroatoms. The van der Waals surface area contributed by atoms with Crippen molar-refractivity contribution in [2.45, 2.75) is 0 Å². The number of nitriles is 2. The average molecular weight is 320 g/mol. The molecule has 3 aromatic heterocycles. The molecule has 0 radical (unpaired) electrons. The molecule has 3 heterocycles. The van der Waals surface area contributed by atoms with Crippen LogP contribution >= 0.6 is 0 Å². The molecule has 0 bridgehead atoms. The van der Waals surface area contributed by atoms with Crippen molar-refractivity contribution in [2.24, 2.45) is 0 Å². The van der Waals surface area contributed by atoms with Crippen LogP contribution in [0.15, 0.2) is 48.8 Å². The summed E-state index contributed by atoms with van der Waals surface area (Å²) in [5, 5.41) is 20.5. The van der Waals surface area contributed by atoms with E-state index in [-0.39, 0.29) is 16.8 Å². The highest BCUT2D eigenvalue weighted by molar-refractivity contribution is 6.07. The standard InChI is InChI=1S/C19H8N6/c1-22-16-9-12(10-20)8-13(11-21)17(16)25-18-14(4-2-6-23-18)15-5-3-7-24-19(15)25/h2-9H. The molecule has 4 aromatic rings. The molecular formula is C19H8N6. The normalized spacial score (nSPS) is 10.3. The van der Waals surface area contributed by atoms with Crippen molar-refractivity contribution in [3.63, 3.8) is 0 Å². The van der Waals surface area contributed by atoms with Crippen LogP contribution in [-0.4, -0.2) is 14.5 Å². The predicted octanol–water partition coefficient (Wildman–Crippen LogP) is 3.87. The second-order valence-electron chi connectivity index (χ2n) is 5.31. The highest BCUT2D eigenvalue weighted by atomic mass is 15.1. The summed E-state index contributed by atoms with van der Waals surface area (Å²) in [5.41, 5.74) is 2.34. The van der Waals surface area contributed by atoms with E-state index in [2.05, 4.69) is 20.9 Å². The zero-order valence-corrected chi connectivity index (χ0v) is 12.8. The third-order valence-corrected chi connectivity index (χ3v) is 3.97. The largest absolute Gasteiger partial charge is 0.287 e. The van der Waals surface area contributed by atoms with Crippen LogP contribution in [0.5, 0.6) is 0 Å². The van der Waals surface area contributed by atoms with Crippen LogP contribution in [0.4, 0.5) is 5.69 Å². The first-order valence-electron chi connectivity index (χ1n) is 7.34. The molecule has 0 fully saturated rings. The summed E-state index contributed by atoms with van der Waals surface area (Å²) in [7, 11) is 0. The van der Waals surface area contributed by atoms with Gasteiger partial charge in [0, 0.05) is 28.7 Å². The summed E-state index contributed by atoms with van der Waals surface area (Å²) in [5.74, 6) is 0. The average Bonchev–Trinajstić information content (AvgIpc) is 3.01. The van der Waals surface area contributed by atoms with Gasteiger partial charge in [0.15, 0.2) is 0 Å². The Morgan fingerprint density at radius 1 is 0.960 bits per heavy atom. The van der Waals surface area contributed by atoms with Crippen molar-refractivity contribution in [1.82, 2.24) is 14.5 Å². The van der Waals surface area contributed by atoms with Crippen molar-refractivity contribution < 1.29 is 0 Å². The smallest absolute Gasteiger partial charge is 0.213 e. The molecule has 0 saturated carbocycles. The van der Waals surface area contributed by atoms with Crippen molar-refractivity contribution in [2.75, 3.05) is 0 Å². The molecule has 0 atom stereocenters. The SMILES string of the molecule is [C-]#[N+]c1cc(C#N)cc(C#N)c1-n1c2ncccc2c2cccnc21. The number of nitrogens with zero attached hydrogens (tertiary/aromatic N) is 6. The van der Waals surface area contributed by atoms with Gasteiger partial charge in [0.2, 0.25) is 5.69 Å². The third kappa shape index (κ3) is 2.01. The van der Waals surface area contributed by atoms with Crippen LogP contribution < -0.4 is 0 Å². The highest BCUT2D eigenvalue weighted by Gasteiger charge is 2.20. The molecule has 0 aliphatic carbocycles. The molecule has 114 valence electrons. The molecule has 0 aliphatic heterocycles. The minimum absolute atomic E-state index is 0.214. The molecule has 6 nitrogen and oxygen atoms in total. The predicted molar refractivity (Wildman–Crippen MR) is 92.1 cm³/mol. The second kappa shape index (κ2) is 5.45. The van der Waals surface area contributed by atoms with Gasteiger partial charge in [0.25, 0.3) is 0 Å². The summed E-state index contributed by atoms with van der Waals surface area (Å²) in [4.78, 5) is 12.4. The minimum Gasteiger partial charge on any atom is -0.287 e. The summed E-state index contributed by atoms with van der Waals surface area (Å²) in [6.07, 6.45) is 3.32. The first-order valence-corrected chi connectivity index (χ1v) is 7.34. The number of aromatic nitrogens is 3. The van der Waals surface area contributed by atoms with Crippen LogP contribution in [0, 0.1) is 29.2 Å². The Kier molecular flexibility index (Phi) is 3.14. The van der Waals surface area contributed by atoms with Crippen molar-refractivity contribution in [1.29, 1.82) is 10.5 Å². The molecule has 25 heavy (non-hydrogen) atoms. The lowest BCUT2D eigenvalue weighted by molar-refractivity contribution is 1.10. The molecule has 0 unspecified atom stereocenters. The van der Waals surface area contributed by atoms with Gasteiger partial charge in [-0.1, -0.05) is 0 Å². The number of benzene rings is 1. The summed E-state index contributed by atoms with van der Waals surface area (Å²) in [6.45, 7) is 7.50. The van der Waals surface area contributed by atoms with E-state index in [1.54, 1.807) is 17.0 Å². The summed E-state index contributed by atoms with van der Waals surface area (Å²) >= 11 is 0. The van der Waals surface area contributed by atoms with Gasteiger partial charge in [-0.05, 0) is 36.4 Å². The van der Waals surface area contributed by atoms with Crippen molar-refractivity contribution >= 4 is 27.8 Å². The number of pyridine rings is 2. The Balaban J connectivity index is 2.26. The van der Waals surface area contributed by atoms with Gasteiger partial charge in [0.1, 0.15) is 11.3 Å². The van der Waals surface area contributed by atoms with Gasteiger partial charge in [-0.3, -0.25) is 4.57 Å². The van der Waals surface area contributed by atoms with Gasteiger partial charge in [-0.15, -0.1) is 0 Å². The molecule has 4 rings (SSSR count). The van der Waals surface area contributed by atoms with Crippen molar-refractivity contribution in [3.05, 3.63) is 71.3 Å². The first kappa shape index (κ1) is 14.4. The Morgan fingerprint density at radius 2 is 1.60 bits per heavy atom. The maximum absolute atomic E-state index is 9.58. The first-order chi connectivity index (χ1) is 12.3. The van der Waals surface area contributed by atoms with Gasteiger partial charge in [-0.25, -0.2) is 14.8 Å². The Morgan fingerprint density at radius 3 is 2.12 bits per heavy atom. The fraction of sp³-hybridized carbons (Fsp3) is 0. The van der Waals surface area contributed by atoms with E-state index in [1.807, 2.05) is 30.3 Å². The fourth-order valence-electron chi connectivity index (χ4n) is 2.97.